The highest BCUT2D eigenvalue weighted by Crippen LogP contribution is 2.40. The minimum Gasteiger partial charge on any atom is -0.302 e. The van der Waals surface area contributed by atoms with Crippen molar-refractivity contribution < 1.29 is 4.84 Å². The van der Waals surface area contributed by atoms with Gasteiger partial charge in [-0.15, -0.1) is 12.4 Å². The molecular formula is C16H18BrClINO. The lowest BCUT2D eigenvalue weighted by Gasteiger charge is -2.31. The zero-order valence-corrected chi connectivity index (χ0v) is 16.4. The number of piperidine rings is 1. The van der Waals surface area contributed by atoms with Crippen LogP contribution in [0.2, 0.25) is 0 Å². The molecule has 0 saturated carbocycles. The third-order valence-electron chi connectivity index (χ3n) is 4.09. The quantitative estimate of drug-likeness (QED) is 0.534. The molecule has 0 aliphatic carbocycles. The Morgan fingerprint density at radius 1 is 1.24 bits per heavy atom. The fourth-order valence-corrected chi connectivity index (χ4v) is 5.30. The van der Waals surface area contributed by atoms with E-state index in [0.29, 0.717) is 5.92 Å². The van der Waals surface area contributed by atoms with Gasteiger partial charge in [-0.25, -0.2) is 0 Å². The first-order valence-electron chi connectivity index (χ1n) is 6.86. The van der Waals surface area contributed by atoms with Crippen molar-refractivity contribution in [3.63, 3.8) is 0 Å². The highest BCUT2D eigenvalue weighted by molar-refractivity contribution is 14.1. The van der Waals surface area contributed by atoms with E-state index < -0.39 is 0 Å². The summed E-state index contributed by atoms with van der Waals surface area (Å²) in [6, 6.07) is 10.9. The average molecular weight is 483 g/mol. The van der Waals surface area contributed by atoms with Crippen molar-refractivity contribution in [3.05, 3.63) is 43.9 Å². The van der Waals surface area contributed by atoms with Crippen LogP contribution in [0.5, 0.6) is 0 Å². The van der Waals surface area contributed by atoms with Crippen LogP contribution in [0.4, 0.5) is 0 Å². The van der Waals surface area contributed by atoms with Crippen LogP contribution >= 0.6 is 50.9 Å². The molecule has 1 saturated heterocycles. The predicted molar refractivity (Wildman–Crippen MR) is 102 cm³/mol. The number of halogens is 3. The molecular weight excluding hydrogens is 464 g/mol. The molecule has 0 N–H and O–H groups in total. The standard InChI is InChI=1S/C16H17BrINO.ClH/c1-20-19-8-6-11(7-9-19)15-14(18)10-12-4-2-3-5-13(12)16(15)17;/h2-5,10-11H,6-9H2,1H3;1H. The van der Waals surface area contributed by atoms with Gasteiger partial charge in [0.2, 0.25) is 0 Å². The lowest BCUT2D eigenvalue weighted by atomic mass is 9.89. The van der Waals surface area contributed by atoms with Gasteiger partial charge in [0, 0.05) is 21.1 Å². The van der Waals surface area contributed by atoms with Gasteiger partial charge in [-0.05, 0) is 79.7 Å². The summed E-state index contributed by atoms with van der Waals surface area (Å²) in [4.78, 5) is 5.33. The summed E-state index contributed by atoms with van der Waals surface area (Å²) < 4.78 is 2.64. The zero-order valence-electron chi connectivity index (χ0n) is 11.8. The first kappa shape index (κ1) is 17.5. The van der Waals surface area contributed by atoms with Crippen LogP contribution < -0.4 is 0 Å². The van der Waals surface area contributed by atoms with Crippen molar-refractivity contribution in [2.24, 2.45) is 0 Å². The second-order valence-corrected chi connectivity index (χ2v) is 7.15. The van der Waals surface area contributed by atoms with Crippen molar-refractivity contribution in [3.8, 4) is 0 Å². The summed E-state index contributed by atoms with van der Waals surface area (Å²) >= 11 is 6.33. The normalized spacial score (nSPS) is 16.9. The molecule has 0 atom stereocenters. The molecule has 3 rings (SSSR count). The molecule has 1 aliphatic rings. The highest BCUT2D eigenvalue weighted by Gasteiger charge is 2.24. The van der Waals surface area contributed by atoms with Gasteiger partial charge in [0.15, 0.2) is 0 Å². The first-order chi connectivity index (χ1) is 9.70. The smallest absolute Gasteiger partial charge is 0.0575 e. The molecule has 1 fully saturated rings. The van der Waals surface area contributed by atoms with Gasteiger partial charge in [0.25, 0.3) is 0 Å². The Morgan fingerprint density at radius 2 is 1.90 bits per heavy atom. The Labute approximate surface area is 153 Å². The van der Waals surface area contributed by atoms with Crippen molar-refractivity contribution in [1.82, 2.24) is 5.06 Å². The molecule has 2 nitrogen and oxygen atoms in total. The lowest BCUT2D eigenvalue weighted by molar-refractivity contribution is -0.143. The molecule has 0 radical (unpaired) electrons. The molecule has 0 bridgehead atoms. The van der Waals surface area contributed by atoms with Crippen LogP contribution in [0.1, 0.15) is 24.3 Å². The van der Waals surface area contributed by atoms with Gasteiger partial charge in [-0.1, -0.05) is 24.3 Å². The minimum absolute atomic E-state index is 0. The maximum Gasteiger partial charge on any atom is 0.0575 e. The molecule has 0 unspecified atom stereocenters. The Bertz CT molecular complexity index is 629. The Morgan fingerprint density at radius 3 is 2.57 bits per heavy atom. The van der Waals surface area contributed by atoms with Gasteiger partial charge in [-0.3, -0.25) is 0 Å². The molecule has 0 spiro atoms. The maximum absolute atomic E-state index is 5.33. The molecule has 2 aromatic rings. The fraction of sp³-hybridized carbons (Fsp3) is 0.375. The second-order valence-electron chi connectivity index (χ2n) is 5.19. The Kier molecular flexibility index (Phi) is 6.32. The largest absolute Gasteiger partial charge is 0.302 e. The highest BCUT2D eigenvalue weighted by atomic mass is 127. The fourth-order valence-electron chi connectivity index (χ4n) is 2.99. The summed E-state index contributed by atoms with van der Waals surface area (Å²) in [7, 11) is 1.76. The molecule has 1 heterocycles. The van der Waals surface area contributed by atoms with Crippen molar-refractivity contribution in [2.45, 2.75) is 18.8 Å². The van der Waals surface area contributed by atoms with E-state index >= 15 is 0 Å². The lowest BCUT2D eigenvalue weighted by Crippen LogP contribution is -2.32. The summed E-state index contributed by atoms with van der Waals surface area (Å²) in [6.45, 7) is 2.02. The average Bonchev–Trinajstić information content (AvgIpc) is 2.48. The molecule has 5 heteroatoms. The molecule has 0 amide bonds. The minimum atomic E-state index is 0. The summed E-state index contributed by atoms with van der Waals surface area (Å²) in [5.74, 6) is 0.618. The third-order valence-corrected chi connectivity index (χ3v) is 5.84. The summed E-state index contributed by atoms with van der Waals surface area (Å²) in [5.41, 5.74) is 1.47. The van der Waals surface area contributed by atoms with Gasteiger partial charge < -0.3 is 4.84 Å². The predicted octanol–water partition coefficient (Wildman–Crippen LogP) is 5.37. The summed E-state index contributed by atoms with van der Waals surface area (Å²) in [5, 5.41) is 4.68. The van der Waals surface area contributed by atoms with Crippen LogP contribution in [0, 0.1) is 3.57 Å². The zero-order chi connectivity index (χ0) is 14.1. The number of nitrogens with zero attached hydrogens (tertiary/aromatic N) is 1. The van der Waals surface area contributed by atoms with E-state index in [-0.39, 0.29) is 12.4 Å². The van der Waals surface area contributed by atoms with Crippen LogP contribution in [-0.2, 0) is 4.84 Å². The summed E-state index contributed by atoms with van der Waals surface area (Å²) in [6.07, 6.45) is 2.31. The topological polar surface area (TPSA) is 12.5 Å². The third kappa shape index (κ3) is 3.55. The molecule has 114 valence electrons. The number of hydroxylamine groups is 2. The van der Waals surface area contributed by atoms with E-state index in [9.17, 15) is 0 Å². The van der Waals surface area contributed by atoms with Crippen molar-refractivity contribution in [1.29, 1.82) is 0 Å². The number of hydrogen-bond acceptors (Lipinski definition) is 2. The Balaban J connectivity index is 0.00000161. The molecule has 0 aromatic heterocycles. The van der Waals surface area contributed by atoms with Crippen LogP contribution in [0.25, 0.3) is 10.8 Å². The Hall–Kier alpha value is 0.120. The van der Waals surface area contributed by atoms with E-state index in [4.69, 9.17) is 4.84 Å². The maximum atomic E-state index is 5.33. The van der Waals surface area contributed by atoms with Crippen molar-refractivity contribution >= 4 is 61.7 Å². The monoisotopic (exact) mass is 481 g/mol. The number of rotatable bonds is 2. The van der Waals surface area contributed by atoms with E-state index in [1.165, 1.54) is 24.4 Å². The SMILES string of the molecule is CON1CCC(c2c(I)cc3ccccc3c2Br)CC1.Cl. The number of hydrogen-bond donors (Lipinski definition) is 0. The van der Waals surface area contributed by atoms with E-state index in [1.807, 2.05) is 0 Å². The van der Waals surface area contributed by atoms with Crippen LogP contribution in [0.3, 0.4) is 0 Å². The van der Waals surface area contributed by atoms with Crippen LogP contribution in [-0.4, -0.2) is 25.3 Å². The number of benzene rings is 2. The van der Waals surface area contributed by atoms with E-state index in [0.717, 1.165) is 25.9 Å². The van der Waals surface area contributed by atoms with Gasteiger partial charge in [0.05, 0.1) is 7.11 Å². The van der Waals surface area contributed by atoms with Gasteiger partial charge >= 0.3 is 0 Å². The molecule has 2 aromatic carbocycles. The van der Waals surface area contributed by atoms with Gasteiger partial charge in [0.1, 0.15) is 0 Å². The van der Waals surface area contributed by atoms with E-state index in [1.54, 1.807) is 7.11 Å². The first-order valence-corrected chi connectivity index (χ1v) is 8.73. The van der Waals surface area contributed by atoms with E-state index in [2.05, 4.69) is 73.9 Å². The van der Waals surface area contributed by atoms with Crippen molar-refractivity contribution in [2.75, 3.05) is 20.2 Å². The second kappa shape index (κ2) is 7.59. The molecule has 21 heavy (non-hydrogen) atoms. The van der Waals surface area contributed by atoms with Gasteiger partial charge in [-0.2, -0.15) is 5.06 Å². The number of fused-ring (bicyclic) bond motifs is 1. The van der Waals surface area contributed by atoms with Crippen LogP contribution in [0.15, 0.2) is 34.8 Å². The molecule has 1 aliphatic heterocycles.